The number of benzene rings is 2. The van der Waals surface area contributed by atoms with Crippen LogP contribution in [0.5, 0.6) is 5.75 Å². The second-order valence-corrected chi connectivity index (χ2v) is 5.68. The fourth-order valence-electron chi connectivity index (χ4n) is 2.00. The lowest BCUT2D eigenvalue weighted by Crippen LogP contribution is -2.30. The third-order valence-corrected chi connectivity index (χ3v) is 3.59. The van der Waals surface area contributed by atoms with E-state index < -0.39 is 18.0 Å². The molecule has 126 valence electrons. The Morgan fingerprint density at radius 1 is 1.12 bits per heavy atom. The number of amides is 1. The Morgan fingerprint density at radius 2 is 1.79 bits per heavy atom. The topological polar surface area (TPSA) is 64.6 Å². The number of rotatable bonds is 5. The lowest BCUT2D eigenvalue weighted by molar-refractivity contribution is -0.123. The van der Waals surface area contributed by atoms with E-state index in [9.17, 15) is 9.59 Å². The molecule has 0 bridgehead atoms. The van der Waals surface area contributed by atoms with Crippen molar-refractivity contribution in [2.75, 3.05) is 12.4 Å². The Balaban J connectivity index is 2.04. The van der Waals surface area contributed by atoms with Crippen molar-refractivity contribution in [3.63, 3.8) is 0 Å². The molecule has 0 aliphatic rings. The first kappa shape index (κ1) is 17.8. The van der Waals surface area contributed by atoms with Gasteiger partial charge in [0.05, 0.1) is 7.11 Å². The van der Waals surface area contributed by atoms with Gasteiger partial charge in [-0.3, -0.25) is 4.79 Å². The zero-order valence-corrected chi connectivity index (χ0v) is 14.4. The van der Waals surface area contributed by atoms with Crippen LogP contribution in [0.4, 0.5) is 5.69 Å². The number of methoxy groups -OCH3 is 1. The monoisotopic (exact) mass is 347 g/mol. The molecular formula is C18H18ClNO4. The molecule has 1 N–H and O–H groups in total. The summed E-state index contributed by atoms with van der Waals surface area (Å²) in [6.45, 7) is 3.45. The number of hydrogen-bond acceptors (Lipinski definition) is 4. The van der Waals surface area contributed by atoms with Gasteiger partial charge in [-0.15, -0.1) is 0 Å². The first-order valence-electron chi connectivity index (χ1n) is 7.32. The maximum Gasteiger partial charge on any atom is 0.342 e. The van der Waals surface area contributed by atoms with Gasteiger partial charge in [-0.2, -0.15) is 0 Å². The number of carbonyl (C=O) groups is 2. The summed E-state index contributed by atoms with van der Waals surface area (Å²) in [4.78, 5) is 24.4. The summed E-state index contributed by atoms with van der Waals surface area (Å²) in [5.41, 5.74) is 1.88. The van der Waals surface area contributed by atoms with Crippen LogP contribution in [0.1, 0.15) is 22.8 Å². The van der Waals surface area contributed by atoms with Gasteiger partial charge >= 0.3 is 5.97 Å². The van der Waals surface area contributed by atoms with E-state index in [1.54, 1.807) is 24.3 Å². The van der Waals surface area contributed by atoms with E-state index in [2.05, 4.69) is 5.32 Å². The molecule has 0 heterocycles. The zero-order valence-electron chi connectivity index (χ0n) is 13.6. The largest absolute Gasteiger partial charge is 0.496 e. The van der Waals surface area contributed by atoms with Gasteiger partial charge in [0.1, 0.15) is 11.3 Å². The molecule has 0 aliphatic carbocycles. The minimum Gasteiger partial charge on any atom is -0.496 e. The molecule has 6 heteroatoms. The van der Waals surface area contributed by atoms with Gasteiger partial charge < -0.3 is 14.8 Å². The van der Waals surface area contributed by atoms with Crippen LogP contribution in [0, 0.1) is 6.92 Å². The number of nitrogens with one attached hydrogen (secondary N) is 1. The highest BCUT2D eigenvalue weighted by molar-refractivity contribution is 6.31. The molecule has 0 saturated heterocycles. The fourth-order valence-corrected chi connectivity index (χ4v) is 2.17. The third kappa shape index (κ3) is 4.49. The zero-order chi connectivity index (χ0) is 17.7. The second kappa shape index (κ2) is 7.84. The molecule has 0 radical (unpaired) electrons. The highest BCUT2D eigenvalue weighted by Gasteiger charge is 2.21. The molecule has 5 nitrogen and oxygen atoms in total. The van der Waals surface area contributed by atoms with Crippen LogP contribution in [0.25, 0.3) is 0 Å². The molecular weight excluding hydrogens is 330 g/mol. The van der Waals surface area contributed by atoms with Crippen LogP contribution in [0.15, 0.2) is 42.5 Å². The molecule has 0 saturated carbocycles. The molecule has 1 amide bonds. The third-order valence-electron chi connectivity index (χ3n) is 3.35. The molecule has 2 aromatic carbocycles. The number of anilines is 1. The molecule has 0 spiro atoms. The van der Waals surface area contributed by atoms with Gasteiger partial charge in [-0.05, 0) is 44.2 Å². The van der Waals surface area contributed by atoms with E-state index in [4.69, 9.17) is 21.1 Å². The summed E-state index contributed by atoms with van der Waals surface area (Å²) in [6.07, 6.45) is -0.970. The molecule has 0 fully saturated rings. The number of carbonyl (C=O) groups excluding carboxylic acids is 2. The summed E-state index contributed by atoms with van der Waals surface area (Å²) in [5, 5.41) is 3.07. The summed E-state index contributed by atoms with van der Waals surface area (Å²) in [5.74, 6) is -0.773. The van der Waals surface area contributed by atoms with Crippen LogP contribution in [-0.2, 0) is 9.53 Å². The molecule has 0 unspecified atom stereocenters. The van der Waals surface area contributed by atoms with Crippen LogP contribution >= 0.6 is 11.6 Å². The van der Waals surface area contributed by atoms with Crippen LogP contribution in [-0.4, -0.2) is 25.1 Å². The van der Waals surface area contributed by atoms with Gasteiger partial charge in [0, 0.05) is 10.7 Å². The predicted octanol–water partition coefficient (Wildman–Crippen LogP) is 3.84. The van der Waals surface area contributed by atoms with Gasteiger partial charge in [0.15, 0.2) is 6.10 Å². The Hall–Kier alpha value is -2.53. The average Bonchev–Trinajstić information content (AvgIpc) is 2.56. The Labute approximate surface area is 145 Å². The van der Waals surface area contributed by atoms with E-state index >= 15 is 0 Å². The molecule has 2 aromatic rings. The molecule has 2 rings (SSSR count). The molecule has 1 atom stereocenters. The van der Waals surface area contributed by atoms with E-state index in [1.165, 1.54) is 20.1 Å². The van der Waals surface area contributed by atoms with Gasteiger partial charge in [0.25, 0.3) is 5.91 Å². The average molecular weight is 348 g/mol. The standard InChI is InChI=1S/C18H18ClNO4/c1-11-4-7-14(8-5-11)20-17(21)12(2)24-18(22)15-10-13(19)6-9-16(15)23-3/h4-10,12H,1-3H3,(H,20,21)/t12-/m1/s1. The first-order chi connectivity index (χ1) is 11.4. The molecule has 0 aliphatic heterocycles. The predicted molar refractivity (Wildman–Crippen MR) is 92.7 cm³/mol. The molecule has 24 heavy (non-hydrogen) atoms. The minimum absolute atomic E-state index is 0.167. The normalized spacial score (nSPS) is 11.5. The van der Waals surface area contributed by atoms with Crippen molar-refractivity contribution in [3.8, 4) is 5.75 Å². The second-order valence-electron chi connectivity index (χ2n) is 5.25. The quantitative estimate of drug-likeness (QED) is 0.834. The van der Waals surface area contributed by atoms with Crippen LogP contribution in [0.3, 0.4) is 0 Å². The van der Waals surface area contributed by atoms with E-state index in [0.717, 1.165) is 5.56 Å². The van der Waals surface area contributed by atoms with Crippen molar-refractivity contribution in [2.24, 2.45) is 0 Å². The van der Waals surface area contributed by atoms with Crippen molar-refractivity contribution in [1.29, 1.82) is 0 Å². The van der Waals surface area contributed by atoms with Crippen molar-refractivity contribution in [1.82, 2.24) is 0 Å². The minimum atomic E-state index is -0.970. The SMILES string of the molecule is COc1ccc(Cl)cc1C(=O)O[C@H](C)C(=O)Nc1ccc(C)cc1. The lowest BCUT2D eigenvalue weighted by atomic mass is 10.2. The first-order valence-corrected chi connectivity index (χ1v) is 7.70. The fraction of sp³-hybridized carbons (Fsp3) is 0.222. The van der Waals surface area contributed by atoms with Crippen molar-refractivity contribution < 1.29 is 19.1 Å². The Kier molecular flexibility index (Phi) is 5.82. The number of aryl methyl sites for hydroxylation is 1. The number of halogens is 1. The van der Waals surface area contributed by atoms with Crippen molar-refractivity contribution >= 4 is 29.2 Å². The molecule has 0 aromatic heterocycles. The van der Waals surface area contributed by atoms with Crippen LogP contribution < -0.4 is 10.1 Å². The maximum absolute atomic E-state index is 12.2. The Bertz CT molecular complexity index is 743. The Morgan fingerprint density at radius 3 is 2.42 bits per heavy atom. The number of hydrogen-bond donors (Lipinski definition) is 1. The highest BCUT2D eigenvalue weighted by atomic mass is 35.5. The number of esters is 1. The highest BCUT2D eigenvalue weighted by Crippen LogP contribution is 2.24. The van der Waals surface area contributed by atoms with Gasteiger partial charge in [-0.25, -0.2) is 4.79 Å². The summed E-state index contributed by atoms with van der Waals surface area (Å²) in [6, 6.07) is 11.9. The smallest absolute Gasteiger partial charge is 0.342 e. The van der Waals surface area contributed by atoms with E-state index in [1.807, 2.05) is 19.1 Å². The summed E-state index contributed by atoms with van der Waals surface area (Å²) in [7, 11) is 1.44. The van der Waals surface area contributed by atoms with Gasteiger partial charge in [0.2, 0.25) is 0 Å². The van der Waals surface area contributed by atoms with Crippen molar-refractivity contribution in [2.45, 2.75) is 20.0 Å². The lowest BCUT2D eigenvalue weighted by Gasteiger charge is -2.15. The van der Waals surface area contributed by atoms with E-state index in [0.29, 0.717) is 16.5 Å². The maximum atomic E-state index is 12.2. The summed E-state index contributed by atoms with van der Waals surface area (Å²) >= 11 is 5.89. The van der Waals surface area contributed by atoms with E-state index in [-0.39, 0.29) is 5.56 Å². The van der Waals surface area contributed by atoms with Crippen LogP contribution in [0.2, 0.25) is 5.02 Å². The van der Waals surface area contributed by atoms with Crippen molar-refractivity contribution in [3.05, 3.63) is 58.6 Å². The van der Waals surface area contributed by atoms with Gasteiger partial charge in [-0.1, -0.05) is 29.3 Å². The summed E-state index contributed by atoms with van der Waals surface area (Å²) < 4.78 is 10.3. The number of ether oxygens (including phenoxy) is 2.